The molecule has 94 valence electrons. The van der Waals surface area contributed by atoms with Gasteiger partial charge in [0.05, 0.1) is 6.61 Å². The zero-order chi connectivity index (χ0) is 13.1. The Kier molecular flexibility index (Phi) is 3.72. The predicted molar refractivity (Wildman–Crippen MR) is 71.9 cm³/mol. The third-order valence-electron chi connectivity index (χ3n) is 2.54. The van der Waals surface area contributed by atoms with Gasteiger partial charge in [-0.25, -0.2) is 4.79 Å². The molecule has 2 rings (SSSR count). The summed E-state index contributed by atoms with van der Waals surface area (Å²) >= 11 is 3.24. The number of carbonyl (C=O) groups is 1. The van der Waals surface area contributed by atoms with Crippen molar-refractivity contribution in [3.8, 4) is 11.5 Å². The molecule has 0 aliphatic rings. The van der Waals surface area contributed by atoms with E-state index in [9.17, 15) is 9.90 Å². The molecule has 2 aromatic carbocycles. The lowest BCUT2D eigenvalue weighted by atomic mass is 10.0. The summed E-state index contributed by atoms with van der Waals surface area (Å²) in [6, 6.07) is 8.34. The number of carboxylic acids is 1. The second-order valence-corrected chi connectivity index (χ2v) is 4.45. The topological polar surface area (TPSA) is 66.8 Å². The van der Waals surface area contributed by atoms with Gasteiger partial charge in [0.2, 0.25) is 0 Å². The molecule has 0 fully saturated rings. The molecule has 18 heavy (non-hydrogen) atoms. The highest BCUT2D eigenvalue weighted by Crippen LogP contribution is 2.35. The molecule has 0 heterocycles. The van der Waals surface area contributed by atoms with Crippen molar-refractivity contribution in [2.24, 2.45) is 0 Å². The maximum absolute atomic E-state index is 11.1. The fraction of sp³-hybridized carbons (Fsp3) is 0.154. The Labute approximate surface area is 112 Å². The molecule has 0 aromatic heterocycles. The monoisotopic (exact) mass is 310 g/mol. The van der Waals surface area contributed by atoms with Gasteiger partial charge in [-0.05, 0) is 6.07 Å². The van der Waals surface area contributed by atoms with Crippen LogP contribution in [0.25, 0.3) is 10.8 Å². The highest BCUT2D eigenvalue weighted by Gasteiger charge is 2.16. The van der Waals surface area contributed by atoms with Gasteiger partial charge in [0.15, 0.2) is 0 Å². The van der Waals surface area contributed by atoms with E-state index < -0.39 is 5.97 Å². The molecule has 2 aromatic rings. The largest absolute Gasteiger partial charge is 0.506 e. The van der Waals surface area contributed by atoms with Gasteiger partial charge in [-0.15, -0.1) is 0 Å². The first kappa shape index (κ1) is 12.7. The first-order chi connectivity index (χ1) is 8.65. The van der Waals surface area contributed by atoms with Crippen LogP contribution in [0, 0.1) is 0 Å². The molecule has 0 aliphatic carbocycles. The van der Waals surface area contributed by atoms with E-state index in [1.54, 1.807) is 18.2 Å². The molecular weight excluding hydrogens is 300 g/mol. The summed E-state index contributed by atoms with van der Waals surface area (Å²) in [6.07, 6.45) is 0. The number of benzene rings is 2. The number of ether oxygens (including phenoxy) is 1. The van der Waals surface area contributed by atoms with Gasteiger partial charge in [-0.2, -0.15) is 0 Å². The Balaban J connectivity index is 2.67. The van der Waals surface area contributed by atoms with Gasteiger partial charge in [0.25, 0.3) is 0 Å². The van der Waals surface area contributed by atoms with E-state index in [1.165, 1.54) is 6.07 Å². The van der Waals surface area contributed by atoms with E-state index in [4.69, 9.17) is 9.84 Å². The van der Waals surface area contributed by atoms with E-state index in [2.05, 4.69) is 15.9 Å². The molecule has 0 unspecified atom stereocenters. The lowest BCUT2D eigenvalue weighted by Gasteiger charge is -2.11. The minimum absolute atomic E-state index is 0.154. The average molecular weight is 311 g/mol. The molecule has 4 nitrogen and oxygen atoms in total. The summed E-state index contributed by atoms with van der Waals surface area (Å²) in [5, 5.41) is 20.8. The van der Waals surface area contributed by atoms with E-state index in [-0.39, 0.29) is 11.3 Å². The van der Waals surface area contributed by atoms with Crippen molar-refractivity contribution >= 4 is 32.7 Å². The van der Waals surface area contributed by atoms with Crippen molar-refractivity contribution in [2.75, 3.05) is 11.9 Å². The SMILES string of the molecule is O=C(O)c1cc(OCCBr)c2ccccc2c1O. The van der Waals surface area contributed by atoms with Crippen LogP contribution >= 0.6 is 15.9 Å². The smallest absolute Gasteiger partial charge is 0.339 e. The van der Waals surface area contributed by atoms with Crippen molar-refractivity contribution in [1.82, 2.24) is 0 Å². The fourth-order valence-electron chi connectivity index (χ4n) is 1.76. The predicted octanol–water partition coefficient (Wildman–Crippen LogP) is 3.02. The molecule has 5 heteroatoms. The molecule has 0 aliphatic heterocycles. The zero-order valence-electron chi connectivity index (χ0n) is 9.39. The highest BCUT2D eigenvalue weighted by atomic mass is 79.9. The quantitative estimate of drug-likeness (QED) is 0.852. The molecule has 0 saturated heterocycles. The van der Waals surface area contributed by atoms with Crippen LogP contribution in [0.2, 0.25) is 0 Å². The van der Waals surface area contributed by atoms with Crippen LogP contribution in [0.4, 0.5) is 0 Å². The van der Waals surface area contributed by atoms with E-state index in [0.717, 1.165) is 0 Å². The van der Waals surface area contributed by atoms with E-state index >= 15 is 0 Å². The number of halogens is 1. The first-order valence-corrected chi connectivity index (χ1v) is 6.44. The average Bonchev–Trinajstić information content (AvgIpc) is 2.38. The van der Waals surface area contributed by atoms with Crippen LogP contribution in [-0.4, -0.2) is 28.1 Å². The molecular formula is C13H11BrO4. The Morgan fingerprint density at radius 2 is 1.94 bits per heavy atom. The summed E-state index contributed by atoms with van der Waals surface area (Å²) in [5.74, 6) is -0.952. The summed E-state index contributed by atoms with van der Waals surface area (Å²) in [6.45, 7) is 0.424. The Hall–Kier alpha value is -1.75. The lowest BCUT2D eigenvalue weighted by Crippen LogP contribution is -2.02. The van der Waals surface area contributed by atoms with Gasteiger partial charge >= 0.3 is 5.97 Å². The van der Waals surface area contributed by atoms with E-state index in [1.807, 2.05) is 6.07 Å². The number of carboxylic acid groups (broad SMARTS) is 1. The third kappa shape index (κ3) is 2.26. The standard InChI is InChI=1S/C13H11BrO4/c14-5-6-18-11-7-10(13(16)17)12(15)9-4-2-1-3-8(9)11/h1-4,7,15H,5-6H2,(H,16,17). The number of aromatic carboxylic acids is 1. The van der Waals surface area contributed by atoms with E-state index in [0.29, 0.717) is 28.5 Å². The van der Waals surface area contributed by atoms with Gasteiger partial charge in [0.1, 0.15) is 17.1 Å². The summed E-state index contributed by atoms with van der Waals surface area (Å²) in [7, 11) is 0. The highest BCUT2D eigenvalue weighted by molar-refractivity contribution is 9.09. The van der Waals surface area contributed by atoms with Gasteiger partial charge < -0.3 is 14.9 Å². The fourth-order valence-corrected chi connectivity index (χ4v) is 1.92. The third-order valence-corrected chi connectivity index (χ3v) is 2.87. The Bertz CT molecular complexity index is 595. The van der Waals surface area contributed by atoms with Crippen LogP contribution < -0.4 is 4.74 Å². The number of hydrogen-bond acceptors (Lipinski definition) is 3. The number of phenols is 1. The number of aromatic hydroxyl groups is 1. The van der Waals surface area contributed by atoms with Crippen molar-refractivity contribution < 1.29 is 19.7 Å². The number of hydrogen-bond donors (Lipinski definition) is 2. The van der Waals surface area contributed by atoms with Crippen LogP contribution in [0.1, 0.15) is 10.4 Å². The zero-order valence-corrected chi connectivity index (χ0v) is 11.0. The van der Waals surface area contributed by atoms with Crippen LogP contribution in [0.15, 0.2) is 30.3 Å². The summed E-state index contributed by atoms with van der Waals surface area (Å²) in [5.41, 5.74) is -0.154. The molecule has 2 N–H and O–H groups in total. The number of fused-ring (bicyclic) bond motifs is 1. The van der Waals surface area contributed by atoms with Gasteiger partial charge in [-0.1, -0.05) is 40.2 Å². The van der Waals surface area contributed by atoms with Crippen molar-refractivity contribution in [1.29, 1.82) is 0 Å². The molecule has 0 saturated carbocycles. The minimum Gasteiger partial charge on any atom is -0.506 e. The number of alkyl halides is 1. The van der Waals surface area contributed by atoms with Gasteiger partial charge in [-0.3, -0.25) is 0 Å². The first-order valence-electron chi connectivity index (χ1n) is 5.32. The Morgan fingerprint density at radius 1 is 1.28 bits per heavy atom. The van der Waals surface area contributed by atoms with Crippen molar-refractivity contribution in [2.45, 2.75) is 0 Å². The van der Waals surface area contributed by atoms with Crippen LogP contribution in [-0.2, 0) is 0 Å². The normalized spacial score (nSPS) is 10.5. The Morgan fingerprint density at radius 3 is 2.56 bits per heavy atom. The molecule has 0 amide bonds. The lowest BCUT2D eigenvalue weighted by molar-refractivity contribution is 0.0693. The van der Waals surface area contributed by atoms with Crippen LogP contribution in [0.5, 0.6) is 11.5 Å². The minimum atomic E-state index is -1.18. The molecule has 0 bridgehead atoms. The maximum atomic E-state index is 11.1. The molecule has 0 spiro atoms. The second kappa shape index (κ2) is 5.27. The summed E-state index contributed by atoms with van der Waals surface area (Å²) in [4.78, 5) is 11.1. The molecule has 0 radical (unpaired) electrons. The van der Waals surface area contributed by atoms with Crippen LogP contribution in [0.3, 0.4) is 0 Å². The number of rotatable bonds is 4. The van der Waals surface area contributed by atoms with Gasteiger partial charge in [0, 0.05) is 16.1 Å². The van der Waals surface area contributed by atoms with Crippen molar-refractivity contribution in [3.05, 3.63) is 35.9 Å². The summed E-state index contributed by atoms with van der Waals surface area (Å²) < 4.78 is 5.49. The second-order valence-electron chi connectivity index (χ2n) is 3.66. The van der Waals surface area contributed by atoms with Crippen molar-refractivity contribution in [3.63, 3.8) is 0 Å². The maximum Gasteiger partial charge on any atom is 0.339 e. The molecule has 0 atom stereocenters.